The number of carbonyl (C=O) groups is 1. The molecule has 0 aliphatic carbocycles. The second kappa shape index (κ2) is 6.96. The van der Waals surface area contributed by atoms with E-state index in [1.807, 2.05) is 32.9 Å². The van der Waals surface area contributed by atoms with Crippen molar-refractivity contribution in [2.75, 3.05) is 11.9 Å². The van der Waals surface area contributed by atoms with Gasteiger partial charge in [0.25, 0.3) is 0 Å². The molecule has 100 valence electrons. The smallest absolute Gasteiger partial charge is 0.320 e. The molecule has 5 heteroatoms. The first kappa shape index (κ1) is 14.4. The molecule has 0 spiro atoms. The van der Waals surface area contributed by atoms with Crippen molar-refractivity contribution in [3.05, 3.63) is 23.4 Å². The number of rotatable bonds is 5. The Morgan fingerprint density at radius 1 is 1.44 bits per heavy atom. The first-order chi connectivity index (χ1) is 8.55. The van der Waals surface area contributed by atoms with E-state index in [9.17, 15) is 4.79 Å². The average Bonchev–Trinajstić information content (AvgIpc) is 2.26. The molecule has 0 radical (unpaired) electrons. The number of anilines is 1. The van der Waals surface area contributed by atoms with Gasteiger partial charge < -0.3 is 10.4 Å². The number of aromatic nitrogens is 1. The minimum absolute atomic E-state index is 0.0130. The molecule has 3 N–H and O–H groups in total. The van der Waals surface area contributed by atoms with Crippen LogP contribution in [0.4, 0.5) is 10.6 Å². The van der Waals surface area contributed by atoms with Crippen LogP contribution in [-0.2, 0) is 0 Å². The Labute approximate surface area is 108 Å². The number of urea groups is 1. The highest BCUT2D eigenvalue weighted by molar-refractivity contribution is 5.88. The van der Waals surface area contributed by atoms with E-state index in [1.165, 1.54) is 0 Å². The largest absolute Gasteiger partial charge is 0.396 e. The van der Waals surface area contributed by atoms with E-state index in [0.717, 1.165) is 17.7 Å². The number of pyridine rings is 1. The van der Waals surface area contributed by atoms with Gasteiger partial charge in [0.15, 0.2) is 0 Å². The first-order valence-electron chi connectivity index (χ1n) is 6.18. The highest BCUT2D eigenvalue weighted by atomic mass is 16.3. The van der Waals surface area contributed by atoms with Crippen LogP contribution in [0.25, 0.3) is 0 Å². The molecule has 1 rings (SSSR count). The van der Waals surface area contributed by atoms with Crippen molar-refractivity contribution in [1.82, 2.24) is 10.3 Å². The number of amides is 2. The zero-order valence-electron chi connectivity index (χ0n) is 11.2. The van der Waals surface area contributed by atoms with Gasteiger partial charge in [0.2, 0.25) is 0 Å². The number of aliphatic hydroxyl groups is 1. The summed E-state index contributed by atoms with van der Waals surface area (Å²) < 4.78 is 0. The Morgan fingerprint density at radius 3 is 2.72 bits per heavy atom. The molecule has 2 amide bonds. The van der Waals surface area contributed by atoms with Gasteiger partial charge in [0, 0.05) is 18.3 Å². The molecule has 1 aromatic rings. The highest BCUT2D eigenvalue weighted by Gasteiger charge is 2.10. The van der Waals surface area contributed by atoms with Crippen molar-refractivity contribution in [3.63, 3.8) is 0 Å². The van der Waals surface area contributed by atoms with Crippen molar-refractivity contribution in [1.29, 1.82) is 0 Å². The summed E-state index contributed by atoms with van der Waals surface area (Å²) in [5, 5.41) is 14.4. The van der Waals surface area contributed by atoms with Gasteiger partial charge in [0.1, 0.15) is 5.82 Å². The van der Waals surface area contributed by atoms with Crippen LogP contribution in [0.15, 0.2) is 12.1 Å². The van der Waals surface area contributed by atoms with E-state index in [1.54, 1.807) is 0 Å². The molecule has 0 bridgehead atoms. The topological polar surface area (TPSA) is 74.2 Å². The Kier molecular flexibility index (Phi) is 5.58. The molecule has 0 saturated heterocycles. The summed E-state index contributed by atoms with van der Waals surface area (Å²) in [5.74, 6) is 0.545. The van der Waals surface area contributed by atoms with Gasteiger partial charge in [-0.15, -0.1) is 0 Å². The van der Waals surface area contributed by atoms with Gasteiger partial charge in [-0.05, 0) is 44.4 Å². The van der Waals surface area contributed by atoms with Gasteiger partial charge in [-0.3, -0.25) is 5.32 Å². The van der Waals surface area contributed by atoms with Crippen LogP contribution in [0, 0.1) is 13.8 Å². The quantitative estimate of drug-likeness (QED) is 0.749. The van der Waals surface area contributed by atoms with Crippen molar-refractivity contribution < 1.29 is 9.90 Å². The number of carbonyl (C=O) groups excluding carboxylic acids is 1. The van der Waals surface area contributed by atoms with Crippen molar-refractivity contribution >= 4 is 11.8 Å². The summed E-state index contributed by atoms with van der Waals surface area (Å²) in [5.41, 5.74) is 1.92. The minimum Gasteiger partial charge on any atom is -0.396 e. The van der Waals surface area contributed by atoms with Crippen molar-refractivity contribution in [3.8, 4) is 0 Å². The fraction of sp³-hybridized carbons (Fsp3) is 0.538. The third-order valence-corrected chi connectivity index (χ3v) is 2.64. The van der Waals surface area contributed by atoms with Crippen LogP contribution in [0.2, 0.25) is 0 Å². The lowest BCUT2D eigenvalue weighted by Gasteiger charge is -2.16. The third-order valence-electron chi connectivity index (χ3n) is 2.64. The van der Waals surface area contributed by atoms with E-state index in [4.69, 9.17) is 5.11 Å². The Hall–Kier alpha value is -1.62. The maximum absolute atomic E-state index is 11.7. The average molecular weight is 251 g/mol. The molecule has 18 heavy (non-hydrogen) atoms. The number of hydrogen-bond acceptors (Lipinski definition) is 3. The van der Waals surface area contributed by atoms with Crippen LogP contribution in [0.5, 0.6) is 0 Å². The first-order valence-corrected chi connectivity index (χ1v) is 6.18. The predicted molar refractivity (Wildman–Crippen MR) is 71.6 cm³/mol. The summed E-state index contributed by atoms with van der Waals surface area (Å²) in [6.45, 7) is 5.88. The Morgan fingerprint density at radius 2 is 2.17 bits per heavy atom. The molecular weight excluding hydrogens is 230 g/mol. The van der Waals surface area contributed by atoms with Gasteiger partial charge in [-0.25, -0.2) is 9.78 Å². The predicted octanol–water partition coefficient (Wildman–Crippen LogP) is 1.98. The van der Waals surface area contributed by atoms with E-state index in [-0.39, 0.29) is 18.7 Å². The number of hydrogen-bond donors (Lipinski definition) is 3. The van der Waals surface area contributed by atoms with E-state index in [0.29, 0.717) is 12.2 Å². The maximum Gasteiger partial charge on any atom is 0.320 e. The molecule has 1 aromatic heterocycles. The molecule has 0 aliphatic rings. The molecule has 5 nitrogen and oxygen atoms in total. The number of nitrogens with zero attached hydrogens (tertiary/aromatic N) is 1. The number of nitrogens with one attached hydrogen (secondary N) is 2. The van der Waals surface area contributed by atoms with Crippen LogP contribution >= 0.6 is 0 Å². The van der Waals surface area contributed by atoms with Crippen LogP contribution < -0.4 is 10.6 Å². The fourth-order valence-electron chi connectivity index (χ4n) is 1.78. The second-order valence-electron chi connectivity index (χ2n) is 4.39. The lowest BCUT2D eigenvalue weighted by atomic mass is 10.2. The van der Waals surface area contributed by atoms with Gasteiger partial charge in [-0.1, -0.05) is 6.92 Å². The van der Waals surface area contributed by atoms with Crippen molar-refractivity contribution in [2.45, 2.75) is 39.7 Å². The lowest BCUT2D eigenvalue weighted by molar-refractivity contribution is 0.237. The zero-order valence-corrected chi connectivity index (χ0v) is 11.2. The maximum atomic E-state index is 11.7. The number of aryl methyl sites for hydroxylation is 2. The Bertz CT molecular complexity index is 387. The van der Waals surface area contributed by atoms with Crippen LogP contribution in [-0.4, -0.2) is 28.8 Å². The lowest BCUT2D eigenvalue weighted by Crippen LogP contribution is -2.38. The highest BCUT2D eigenvalue weighted by Crippen LogP contribution is 2.09. The molecule has 1 atom stereocenters. The Balaban J connectivity index is 2.58. The molecule has 0 fully saturated rings. The molecular formula is C13H21N3O2. The van der Waals surface area contributed by atoms with Crippen molar-refractivity contribution in [2.24, 2.45) is 0 Å². The summed E-state index contributed by atoms with van der Waals surface area (Å²) >= 11 is 0. The molecule has 1 heterocycles. The minimum atomic E-state index is -0.284. The summed E-state index contributed by atoms with van der Waals surface area (Å²) in [7, 11) is 0. The summed E-state index contributed by atoms with van der Waals surface area (Å²) in [6.07, 6.45) is 1.35. The molecule has 0 aromatic carbocycles. The molecule has 0 aliphatic heterocycles. The molecule has 0 saturated carbocycles. The SMILES string of the molecule is CCC(CCO)NC(=O)Nc1cc(C)cc(C)n1. The number of aliphatic hydroxyl groups excluding tert-OH is 1. The zero-order chi connectivity index (χ0) is 13.5. The van der Waals surface area contributed by atoms with E-state index in [2.05, 4.69) is 15.6 Å². The van der Waals surface area contributed by atoms with Gasteiger partial charge in [0.05, 0.1) is 0 Å². The normalized spacial score (nSPS) is 12.0. The fourth-order valence-corrected chi connectivity index (χ4v) is 1.78. The molecule has 1 unspecified atom stereocenters. The third kappa shape index (κ3) is 4.71. The van der Waals surface area contributed by atoms with Crippen LogP contribution in [0.3, 0.4) is 0 Å². The van der Waals surface area contributed by atoms with E-state index >= 15 is 0 Å². The van der Waals surface area contributed by atoms with Gasteiger partial charge in [-0.2, -0.15) is 0 Å². The standard InChI is InChI=1S/C13H21N3O2/c1-4-11(5-6-17)15-13(18)16-12-8-9(2)7-10(3)14-12/h7-8,11,17H,4-6H2,1-3H3,(H2,14,15,16,18). The summed E-state index contributed by atoms with van der Waals surface area (Å²) in [6, 6.07) is 3.47. The van der Waals surface area contributed by atoms with Crippen LogP contribution in [0.1, 0.15) is 31.0 Å². The summed E-state index contributed by atoms with van der Waals surface area (Å²) in [4.78, 5) is 16.0. The van der Waals surface area contributed by atoms with E-state index < -0.39 is 0 Å². The second-order valence-corrected chi connectivity index (χ2v) is 4.39. The van der Waals surface area contributed by atoms with Gasteiger partial charge >= 0.3 is 6.03 Å². The monoisotopic (exact) mass is 251 g/mol.